The maximum absolute atomic E-state index is 3.62. The topological polar surface area (TPSA) is 24.1 Å². The Hall–Kier alpha value is -0.860. The molecule has 1 aromatic rings. The van der Waals surface area contributed by atoms with Gasteiger partial charge in [-0.05, 0) is 50.3 Å². The van der Waals surface area contributed by atoms with Crippen molar-refractivity contribution >= 4 is 0 Å². The maximum atomic E-state index is 3.62. The third-order valence-electron chi connectivity index (χ3n) is 3.53. The Morgan fingerprint density at radius 1 is 1.17 bits per heavy atom. The van der Waals surface area contributed by atoms with Crippen molar-refractivity contribution in [2.75, 3.05) is 19.6 Å². The van der Waals surface area contributed by atoms with Gasteiger partial charge in [0.15, 0.2) is 0 Å². The van der Waals surface area contributed by atoms with Crippen LogP contribution < -0.4 is 10.6 Å². The Morgan fingerprint density at radius 3 is 2.78 bits per heavy atom. The SMILES string of the molecule is CC1[CH]C(NCCCCc2ccccc2)CNC1. The summed E-state index contributed by atoms with van der Waals surface area (Å²) in [4.78, 5) is 0. The van der Waals surface area contributed by atoms with Crippen LogP contribution >= 0.6 is 0 Å². The molecule has 1 saturated heterocycles. The van der Waals surface area contributed by atoms with Crippen molar-refractivity contribution in [2.24, 2.45) is 5.92 Å². The van der Waals surface area contributed by atoms with Gasteiger partial charge in [-0.25, -0.2) is 0 Å². The van der Waals surface area contributed by atoms with E-state index in [2.05, 4.69) is 54.3 Å². The van der Waals surface area contributed by atoms with Crippen molar-refractivity contribution in [3.63, 3.8) is 0 Å². The molecular weight excluding hydrogens is 220 g/mol. The highest BCUT2D eigenvalue weighted by atomic mass is 15.0. The number of aryl methyl sites for hydroxylation is 1. The van der Waals surface area contributed by atoms with Gasteiger partial charge < -0.3 is 10.6 Å². The highest BCUT2D eigenvalue weighted by Crippen LogP contribution is 2.08. The second-order valence-electron chi connectivity index (χ2n) is 5.33. The van der Waals surface area contributed by atoms with Gasteiger partial charge in [0.25, 0.3) is 0 Å². The molecule has 1 aliphatic rings. The van der Waals surface area contributed by atoms with Gasteiger partial charge >= 0.3 is 0 Å². The molecule has 0 saturated carbocycles. The summed E-state index contributed by atoms with van der Waals surface area (Å²) in [7, 11) is 0. The van der Waals surface area contributed by atoms with E-state index < -0.39 is 0 Å². The maximum Gasteiger partial charge on any atom is 0.0227 e. The first kappa shape index (κ1) is 13.6. The van der Waals surface area contributed by atoms with Crippen molar-refractivity contribution in [1.29, 1.82) is 0 Å². The summed E-state index contributed by atoms with van der Waals surface area (Å²) in [6, 6.07) is 11.3. The van der Waals surface area contributed by atoms with Gasteiger partial charge in [-0.3, -0.25) is 0 Å². The Bertz CT molecular complexity index is 323. The average Bonchev–Trinajstić information content (AvgIpc) is 2.40. The lowest BCUT2D eigenvalue weighted by Gasteiger charge is -2.28. The summed E-state index contributed by atoms with van der Waals surface area (Å²) in [5.41, 5.74) is 1.46. The van der Waals surface area contributed by atoms with Crippen LogP contribution in [0.25, 0.3) is 0 Å². The second kappa shape index (κ2) is 7.55. The van der Waals surface area contributed by atoms with Crippen LogP contribution in [-0.4, -0.2) is 25.7 Å². The van der Waals surface area contributed by atoms with Crippen LogP contribution in [-0.2, 0) is 6.42 Å². The predicted molar refractivity (Wildman–Crippen MR) is 77.5 cm³/mol. The van der Waals surface area contributed by atoms with Crippen molar-refractivity contribution in [1.82, 2.24) is 10.6 Å². The first-order chi connectivity index (χ1) is 8.84. The molecule has 18 heavy (non-hydrogen) atoms. The van der Waals surface area contributed by atoms with E-state index in [1.54, 1.807) is 0 Å². The summed E-state index contributed by atoms with van der Waals surface area (Å²) in [5.74, 6) is 0.695. The quantitative estimate of drug-likeness (QED) is 0.752. The fourth-order valence-electron chi connectivity index (χ4n) is 2.53. The summed E-state index contributed by atoms with van der Waals surface area (Å²) in [6.45, 7) is 5.62. The Balaban J connectivity index is 1.53. The molecule has 0 amide bonds. The standard InChI is InChI=1S/C16H25N2/c1-14-11-16(13-17-12-14)18-10-6-5-9-15-7-3-2-4-8-15/h2-4,7-8,11,14,16-18H,5-6,9-10,12-13H2,1H3. The van der Waals surface area contributed by atoms with E-state index in [4.69, 9.17) is 0 Å². The van der Waals surface area contributed by atoms with Crippen molar-refractivity contribution < 1.29 is 0 Å². The van der Waals surface area contributed by atoms with E-state index in [0.29, 0.717) is 12.0 Å². The average molecular weight is 245 g/mol. The third-order valence-corrected chi connectivity index (χ3v) is 3.53. The van der Waals surface area contributed by atoms with Crippen LogP contribution in [0.15, 0.2) is 30.3 Å². The van der Waals surface area contributed by atoms with E-state index in [9.17, 15) is 0 Å². The number of benzene rings is 1. The van der Waals surface area contributed by atoms with E-state index in [1.165, 1.54) is 24.8 Å². The largest absolute Gasteiger partial charge is 0.315 e. The molecule has 2 N–H and O–H groups in total. The molecule has 2 unspecified atom stereocenters. The smallest absolute Gasteiger partial charge is 0.0227 e. The van der Waals surface area contributed by atoms with Crippen LogP contribution in [0.2, 0.25) is 0 Å². The molecule has 0 aliphatic carbocycles. The molecule has 1 aliphatic heterocycles. The van der Waals surface area contributed by atoms with Crippen molar-refractivity contribution in [3.05, 3.63) is 42.3 Å². The molecule has 1 heterocycles. The molecule has 1 fully saturated rings. The lowest BCUT2D eigenvalue weighted by atomic mass is 9.97. The number of piperidine rings is 1. The summed E-state index contributed by atoms with van der Waals surface area (Å²) < 4.78 is 0. The van der Waals surface area contributed by atoms with Crippen LogP contribution in [0.3, 0.4) is 0 Å². The molecule has 0 aromatic heterocycles. The molecule has 99 valence electrons. The number of unbranched alkanes of at least 4 members (excludes halogenated alkanes) is 1. The molecule has 2 atom stereocenters. The van der Waals surface area contributed by atoms with Gasteiger partial charge in [-0.2, -0.15) is 0 Å². The summed E-state index contributed by atoms with van der Waals surface area (Å²) in [5, 5.41) is 7.08. The van der Waals surface area contributed by atoms with Gasteiger partial charge in [0.1, 0.15) is 0 Å². The van der Waals surface area contributed by atoms with Gasteiger partial charge in [-0.1, -0.05) is 37.3 Å². The van der Waals surface area contributed by atoms with Crippen LogP contribution in [0, 0.1) is 12.3 Å². The third kappa shape index (κ3) is 4.79. The highest BCUT2D eigenvalue weighted by Gasteiger charge is 2.17. The predicted octanol–water partition coefficient (Wildman–Crippen LogP) is 2.41. The first-order valence-corrected chi connectivity index (χ1v) is 7.17. The molecule has 1 radical (unpaired) electrons. The summed E-state index contributed by atoms with van der Waals surface area (Å²) >= 11 is 0. The lowest BCUT2D eigenvalue weighted by molar-refractivity contribution is 0.400. The first-order valence-electron chi connectivity index (χ1n) is 7.17. The Morgan fingerprint density at radius 2 is 2.00 bits per heavy atom. The van der Waals surface area contributed by atoms with Gasteiger partial charge in [-0.15, -0.1) is 0 Å². The molecule has 0 spiro atoms. The fourth-order valence-corrected chi connectivity index (χ4v) is 2.53. The number of nitrogens with one attached hydrogen (secondary N) is 2. The van der Waals surface area contributed by atoms with Crippen molar-refractivity contribution in [2.45, 2.75) is 32.2 Å². The normalized spacial score (nSPS) is 24.1. The second-order valence-corrected chi connectivity index (χ2v) is 5.33. The molecule has 2 rings (SSSR count). The molecule has 2 heteroatoms. The molecule has 1 aromatic carbocycles. The van der Waals surface area contributed by atoms with Crippen LogP contribution in [0.5, 0.6) is 0 Å². The molecular formula is C16H25N2. The number of rotatable bonds is 6. The van der Waals surface area contributed by atoms with E-state index in [-0.39, 0.29) is 0 Å². The highest BCUT2D eigenvalue weighted by molar-refractivity contribution is 5.14. The molecule has 2 nitrogen and oxygen atoms in total. The minimum Gasteiger partial charge on any atom is -0.315 e. The minimum absolute atomic E-state index is 0.561. The van der Waals surface area contributed by atoms with E-state index >= 15 is 0 Å². The summed E-state index contributed by atoms with van der Waals surface area (Å²) in [6.07, 6.45) is 6.17. The zero-order chi connectivity index (χ0) is 12.6. The van der Waals surface area contributed by atoms with E-state index in [1.807, 2.05) is 0 Å². The Labute approximate surface area is 111 Å². The zero-order valence-electron chi connectivity index (χ0n) is 11.4. The van der Waals surface area contributed by atoms with Crippen molar-refractivity contribution in [3.8, 4) is 0 Å². The number of hydrogen-bond acceptors (Lipinski definition) is 2. The fraction of sp³-hybridized carbons (Fsp3) is 0.562. The number of hydrogen-bond donors (Lipinski definition) is 2. The lowest BCUT2D eigenvalue weighted by Crippen LogP contribution is -2.47. The monoisotopic (exact) mass is 245 g/mol. The van der Waals surface area contributed by atoms with E-state index in [0.717, 1.165) is 19.6 Å². The van der Waals surface area contributed by atoms with Gasteiger partial charge in [0.2, 0.25) is 0 Å². The minimum atomic E-state index is 0.561. The van der Waals surface area contributed by atoms with Gasteiger partial charge in [0.05, 0.1) is 0 Å². The zero-order valence-corrected chi connectivity index (χ0v) is 11.4. The van der Waals surface area contributed by atoms with Crippen LogP contribution in [0.1, 0.15) is 25.3 Å². The van der Waals surface area contributed by atoms with Gasteiger partial charge in [0, 0.05) is 12.6 Å². The molecule has 0 bridgehead atoms. The Kier molecular flexibility index (Phi) is 5.69. The van der Waals surface area contributed by atoms with Crippen LogP contribution in [0.4, 0.5) is 0 Å².